The van der Waals surface area contributed by atoms with Crippen molar-refractivity contribution < 1.29 is 13.8 Å². The molecule has 1 aliphatic rings. The van der Waals surface area contributed by atoms with Crippen LogP contribution in [0.2, 0.25) is 0 Å². The lowest BCUT2D eigenvalue weighted by molar-refractivity contribution is 0.414. The van der Waals surface area contributed by atoms with Gasteiger partial charge in [-0.15, -0.1) is 0 Å². The number of piperidine rings is 1. The average molecular weight is 772 g/mol. The number of ether oxygens (including phenoxy) is 1. The zero-order valence-corrected chi connectivity index (χ0v) is 32.3. The molecule has 0 saturated carbocycles. The van der Waals surface area contributed by atoms with E-state index in [4.69, 9.17) is 13.8 Å². The molecule has 1 saturated heterocycles. The second-order valence-electron chi connectivity index (χ2n) is 14.1. The summed E-state index contributed by atoms with van der Waals surface area (Å²) >= 11 is 1.68. The van der Waals surface area contributed by atoms with E-state index in [1.807, 2.05) is 85.1 Å². The smallest absolute Gasteiger partial charge is 0.258 e. The number of anilines is 1. The molecule has 57 heavy (non-hydrogen) atoms. The van der Waals surface area contributed by atoms with Crippen LogP contribution in [0.25, 0.3) is 78.6 Å². The van der Waals surface area contributed by atoms with Gasteiger partial charge in [0.15, 0.2) is 0 Å². The van der Waals surface area contributed by atoms with E-state index < -0.39 is 0 Å². The summed E-state index contributed by atoms with van der Waals surface area (Å²) in [5, 5.41) is 31.3. The van der Waals surface area contributed by atoms with Crippen molar-refractivity contribution in [3.63, 3.8) is 0 Å². The standard InChI is InChI=1S/C23H21N5O.C21H16N4O2S/c1-15-4-2-3-11-28(15)21-8-6-18(13-19(21)14-24)23-26-22(27-29-23)17-5-7-20-16(12-17)9-10-25-20;1-12-10-28-11-17(12)16-5-3-14(8-19(16)26-2)21-23-20(25-27-21)13-4-6-18-15(7-13)9-22-24-18/h5-10,12-13,15,25H,2-4,11H2,1H3;3-11H,1-2H3,(H,22,24). The lowest BCUT2D eigenvalue weighted by Gasteiger charge is -2.36. The first kappa shape index (κ1) is 35.6. The Bertz CT molecular complexity index is 2890. The first-order valence-corrected chi connectivity index (χ1v) is 19.6. The van der Waals surface area contributed by atoms with E-state index >= 15 is 0 Å². The van der Waals surface area contributed by atoms with Gasteiger partial charge in [0.25, 0.3) is 11.8 Å². The summed E-state index contributed by atoms with van der Waals surface area (Å²) in [7, 11) is 1.67. The summed E-state index contributed by atoms with van der Waals surface area (Å²) < 4.78 is 16.6. The zero-order chi connectivity index (χ0) is 38.9. The summed E-state index contributed by atoms with van der Waals surface area (Å²) in [6, 6.07) is 28.4. The molecule has 282 valence electrons. The van der Waals surface area contributed by atoms with E-state index in [0.29, 0.717) is 35.0 Å². The van der Waals surface area contributed by atoms with Gasteiger partial charge in [-0.1, -0.05) is 10.3 Å². The molecule has 6 heterocycles. The van der Waals surface area contributed by atoms with Crippen molar-refractivity contribution in [3.8, 4) is 68.6 Å². The van der Waals surface area contributed by atoms with E-state index in [1.165, 1.54) is 17.5 Å². The highest BCUT2D eigenvalue weighted by atomic mass is 32.1. The molecule has 1 unspecified atom stereocenters. The highest BCUT2D eigenvalue weighted by Gasteiger charge is 2.22. The first-order chi connectivity index (χ1) is 27.9. The molecule has 0 amide bonds. The van der Waals surface area contributed by atoms with Gasteiger partial charge in [-0.05, 0) is 134 Å². The largest absolute Gasteiger partial charge is 0.496 e. The molecule has 0 aliphatic carbocycles. The fraction of sp³-hybridized carbons (Fsp3) is 0.182. The van der Waals surface area contributed by atoms with Gasteiger partial charge in [0, 0.05) is 62.9 Å². The van der Waals surface area contributed by atoms with Crippen LogP contribution in [-0.2, 0) is 0 Å². The minimum Gasteiger partial charge on any atom is -0.496 e. The normalized spacial score (nSPS) is 14.1. The summed E-state index contributed by atoms with van der Waals surface area (Å²) in [4.78, 5) is 14.6. The van der Waals surface area contributed by atoms with Crippen LogP contribution in [0.1, 0.15) is 37.3 Å². The number of fused-ring (bicyclic) bond motifs is 2. The molecule has 13 heteroatoms. The molecular weight excluding hydrogens is 735 g/mol. The minimum atomic E-state index is 0.420. The van der Waals surface area contributed by atoms with Crippen LogP contribution in [-0.4, -0.2) is 55.2 Å². The van der Waals surface area contributed by atoms with E-state index in [1.54, 1.807) is 24.6 Å². The van der Waals surface area contributed by atoms with Gasteiger partial charge >= 0.3 is 0 Å². The minimum absolute atomic E-state index is 0.420. The number of nitrogens with zero attached hydrogens (tertiary/aromatic N) is 7. The number of aromatic amines is 2. The molecule has 4 aromatic carbocycles. The molecule has 2 N–H and O–H groups in total. The maximum atomic E-state index is 9.72. The molecule has 1 aliphatic heterocycles. The van der Waals surface area contributed by atoms with Crippen LogP contribution < -0.4 is 9.64 Å². The molecule has 12 nitrogen and oxygen atoms in total. The SMILES string of the molecule is CC1CCCCN1c1ccc(-c2nc(-c3ccc4[nH]ccc4c3)no2)cc1C#N.COc1cc(-c2nc(-c3ccc4[nH]ncc4c3)no2)ccc1-c1cscc1C. The highest BCUT2D eigenvalue weighted by Crippen LogP contribution is 2.37. The second kappa shape index (κ2) is 15.2. The monoisotopic (exact) mass is 771 g/mol. The number of nitriles is 1. The number of aromatic nitrogens is 7. The Morgan fingerprint density at radius 2 is 1.53 bits per heavy atom. The number of H-pyrrole nitrogens is 2. The van der Waals surface area contributed by atoms with Crippen LogP contribution in [0, 0.1) is 18.3 Å². The Hall–Kier alpha value is -7.04. The van der Waals surface area contributed by atoms with Crippen molar-refractivity contribution in [2.24, 2.45) is 0 Å². The zero-order valence-electron chi connectivity index (χ0n) is 31.5. The molecule has 1 atom stereocenters. The van der Waals surface area contributed by atoms with E-state index in [2.05, 4.69) is 71.0 Å². The van der Waals surface area contributed by atoms with E-state index in [0.717, 1.165) is 80.4 Å². The highest BCUT2D eigenvalue weighted by molar-refractivity contribution is 7.08. The van der Waals surface area contributed by atoms with Crippen molar-refractivity contribution in [1.29, 1.82) is 5.26 Å². The van der Waals surface area contributed by atoms with Crippen LogP contribution in [0.15, 0.2) is 111 Å². The van der Waals surface area contributed by atoms with Gasteiger partial charge < -0.3 is 23.7 Å². The first-order valence-electron chi connectivity index (χ1n) is 18.7. The maximum Gasteiger partial charge on any atom is 0.258 e. The fourth-order valence-corrected chi connectivity index (χ4v) is 8.19. The van der Waals surface area contributed by atoms with Crippen LogP contribution in [0.3, 0.4) is 0 Å². The third-order valence-electron chi connectivity index (χ3n) is 10.4. The van der Waals surface area contributed by atoms with Crippen molar-refractivity contribution in [3.05, 3.63) is 113 Å². The number of methoxy groups -OCH3 is 1. The number of rotatable bonds is 7. The van der Waals surface area contributed by atoms with Gasteiger partial charge in [-0.25, -0.2) is 0 Å². The van der Waals surface area contributed by atoms with Gasteiger partial charge in [0.1, 0.15) is 11.8 Å². The molecule has 0 bridgehead atoms. The molecule has 0 radical (unpaired) electrons. The van der Waals surface area contributed by atoms with Gasteiger partial charge in [-0.3, -0.25) is 5.10 Å². The Kier molecular flexibility index (Phi) is 9.53. The quantitative estimate of drug-likeness (QED) is 0.160. The number of aryl methyl sites for hydroxylation is 1. The van der Waals surface area contributed by atoms with Gasteiger partial charge in [0.2, 0.25) is 11.6 Å². The van der Waals surface area contributed by atoms with Crippen LogP contribution >= 0.6 is 11.3 Å². The third-order valence-corrected chi connectivity index (χ3v) is 11.3. The predicted molar refractivity (Wildman–Crippen MR) is 222 cm³/mol. The molecule has 10 rings (SSSR count). The van der Waals surface area contributed by atoms with E-state index in [-0.39, 0.29) is 0 Å². The third kappa shape index (κ3) is 7.03. The molecule has 0 spiro atoms. The Morgan fingerprint density at radius 1 is 0.807 bits per heavy atom. The summed E-state index contributed by atoms with van der Waals surface area (Å²) in [6.07, 6.45) is 7.25. The van der Waals surface area contributed by atoms with Gasteiger partial charge in [-0.2, -0.15) is 31.7 Å². The molecule has 1 fully saturated rings. The van der Waals surface area contributed by atoms with E-state index in [9.17, 15) is 5.26 Å². The van der Waals surface area contributed by atoms with Gasteiger partial charge in [0.05, 0.1) is 30.1 Å². The lowest BCUT2D eigenvalue weighted by atomic mass is 10.0. The van der Waals surface area contributed by atoms with Crippen LogP contribution in [0.4, 0.5) is 5.69 Å². The molecular formula is C44H37N9O3S. The summed E-state index contributed by atoms with van der Waals surface area (Å²) in [5.74, 6) is 2.72. The number of hydrogen-bond acceptors (Lipinski definition) is 11. The Labute approximate surface area is 331 Å². The van der Waals surface area contributed by atoms with Crippen molar-refractivity contribution in [1.82, 2.24) is 35.5 Å². The number of thiophene rings is 1. The van der Waals surface area contributed by atoms with Crippen molar-refractivity contribution in [2.75, 3.05) is 18.6 Å². The lowest BCUT2D eigenvalue weighted by Crippen LogP contribution is -2.37. The summed E-state index contributed by atoms with van der Waals surface area (Å²) in [6.45, 7) is 5.31. The Balaban J connectivity index is 0.000000148. The fourth-order valence-electron chi connectivity index (χ4n) is 7.34. The Morgan fingerprint density at radius 3 is 2.25 bits per heavy atom. The molecule has 5 aromatic heterocycles. The number of benzene rings is 4. The predicted octanol–water partition coefficient (Wildman–Crippen LogP) is 10.5. The average Bonchev–Trinajstić information content (AvgIpc) is 4.11. The summed E-state index contributed by atoms with van der Waals surface area (Å²) in [5.41, 5.74) is 10.5. The number of nitrogens with one attached hydrogen (secondary N) is 2. The topological polar surface area (TPSA) is 159 Å². The van der Waals surface area contributed by atoms with Crippen molar-refractivity contribution in [2.45, 2.75) is 39.2 Å². The number of hydrogen-bond donors (Lipinski definition) is 2. The maximum absolute atomic E-state index is 9.72. The second-order valence-corrected chi connectivity index (χ2v) is 14.8. The van der Waals surface area contributed by atoms with Crippen molar-refractivity contribution >= 4 is 38.8 Å². The van der Waals surface area contributed by atoms with Crippen LogP contribution in [0.5, 0.6) is 5.75 Å². The molecule has 9 aromatic rings.